The van der Waals surface area contributed by atoms with Gasteiger partial charge < -0.3 is 15.0 Å². The van der Waals surface area contributed by atoms with E-state index in [2.05, 4.69) is 12.2 Å². The third-order valence-corrected chi connectivity index (χ3v) is 4.73. The van der Waals surface area contributed by atoms with E-state index in [9.17, 15) is 9.59 Å². The zero-order valence-corrected chi connectivity index (χ0v) is 15.7. The molecule has 0 aromatic heterocycles. The number of unbranched alkanes of at least 4 members (excludes halogenated alkanes) is 1. The molecule has 1 heterocycles. The summed E-state index contributed by atoms with van der Waals surface area (Å²) in [5.74, 6) is -0.667. The number of hydrogen-bond acceptors (Lipinski definition) is 4. The first kappa shape index (κ1) is 19.0. The number of carbonyl (C=O) groups is 2. The van der Waals surface area contributed by atoms with Crippen molar-refractivity contribution in [3.63, 3.8) is 0 Å². The maximum atomic E-state index is 12.6. The molecule has 0 atom stereocenters. The number of ether oxygens (including phenoxy) is 1. The van der Waals surface area contributed by atoms with Crippen molar-refractivity contribution in [3.05, 3.63) is 59.7 Å². The molecule has 0 spiro atoms. The van der Waals surface area contributed by atoms with Crippen molar-refractivity contribution in [1.82, 2.24) is 0 Å². The van der Waals surface area contributed by atoms with Crippen molar-refractivity contribution in [2.45, 2.75) is 32.6 Å². The number of para-hydroxylation sites is 2. The summed E-state index contributed by atoms with van der Waals surface area (Å²) in [4.78, 5) is 26.8. The molecule has 1 N–H and O–H groups in total. The van der Waals surface area contributed by atoms with Crippen LogP contribution in [0.4, 0.5) is 11.4 Å². The molecule has 0 saturated carbocycles. The van der Waals surface area contributed by atoms with Crippen LogP contribution in [0.1, 0.15) is 42.1 Å². The third kappa shape index (κ3) is 4.67. The SMILES string of the molecule is CCCCNc1ccccc1C(=O)OCC(=O)N1CCCc2ccccc21. The maximum Gasteiger partial charge on any atom is 0.340 e. The number of benzene rings is 2. The van der Waals surface area contributed by atoms with Gasteiger partial charge in [0.1, 0.15) is 0 Å². The molecule has 2 aromatic carbocycles. The van der Waals surface area contributed by atoms with E-state index in [4.69, 9.17) is 4.74 Å². The Labute approximate surface area is 160 Å². The fourth-order valence-corrected chi connectivity index (χ4v) is 3.29. The highest BCUT2D eigenvalue weighted by atomic mass is 16.5. The summed E-state index contributed by atoms with van der Waals surface area (Å²) >= 11 is 0. The topological polar surface area (TPSA) is 58.6 Å². The molecule has 0 fully saturated rings. The molecule has 1 amide bonds. The molecule has 0 aliphatic carbocycles. The molecule has 0 saturated heterocycles. The number of aryl methyl sites for hydroxylation is 1. The van der Waals surface area contributed by atoms with Crippen molar-refractivity contribution in [2.24, 2.45) is 0 Å². The Morgan fingerprint density at radius 2 is 1.89 bits per heavy atom. The van der Waals surface area contributed by atoms with Crippen LogP contribution >= 0.6 is 0 Å². The van der Waals surface area contributed by atoms with Gasteiger partial charge in [0, 0.05) is 24.5 Å². The number of rotatable bonds is 7. The van der Waals surface area contributed by atoms with Gasteiger partial charge in [-0.2, -0.15) is 0 Å². The molecule has 1 aliphatic rings. The van der Waals surface area contributed by atoms with E-state index in [1.165, 1.54) is 0 Å². The predicted molar refractivity (Wildman–Crippen MR) is 107 cm³/mol. The Kier molecular flexibility index (Phi) is 6.47. The summed E-state index contributed by atoms with van der Waals surface area (Å²) in [5, 5.41) is 3.26. The highest BCUT2D eigenvalue weighted by Crippen LogP contribution is 2.26. The van der Waals surface area contributed by atoms with E-state index < -0.39 is 5.97 Å². The fourth-order valence-electron chi connectivity index (χ4n) is 3.29. The van der Waals surface area contributed by atoms with Gasteiger partial charge in [-0.05, 0) is 43.0 Å². The maximum absolute atomic E-state index is 12.6. The van der Waals surface area contributed by atoms with Crippen molar-refractivity contribution in [2.75, 3.05) is 29.9 Å². The number of nitrogens with zero attached hydrogens (tertiary/aromatic N) is 1. The monoisotopic (exact) mass is 366 g/mol. The van der Waals surface area contributed by atoms with E-state index in [0.717, 1.165) is 49.2 Å². The molecule has 5 heteroatoms. The van der Waals surface area contributed by atoms with Gasteiger partial charge in [-0.3, -0.25) is 4.79 Å². The van der Waals surface area contributed by atoms with Crippen LogP contribution in [0.5, 0.6) is 0 Å². The Morgan fingerprint density at radius 1 is 1.11 bits per heavy atom. The second-order valence-corrected chi connectivity index (χ2v) is 6.68. The number of esters is 1. The number of carbonyl (C=O) groups excluding carboxylic acids is 2. The van der Waals surface area contributed by atoms with Gasteiger partial charge in [-0.25, -0.2) is 4.79 Å². The lowest BCUT2D eigenvalue weighted by molar-refractivity contribution is -0.121. The van der Waals surface area contributed by atoms with Crippen LogP contribution in [0.2, 0.25) is 0 Å². The van der Waals surface area contributed by atoms with Crippen LogP contribution in [0.3, 0.4) is 0 Å². The van der Waals surface area contributed by atoms with Crippen LogP contribution in [-0.4, -0.2) is 31.6 Å². The molecule has 142 valence electrons. The standard InChI is InChI=1S/C22H26N2O3/c1-2-3-14-23-19-12-6-5-11-18(19)22(26)27-16-21(25)24-15-8-10-17-9-4-7-13-20(17)24/h4-7,9,11-13,23H,2-3,8,10,14-16H2,1H3. The zero-order valence-electron chi connectivity index (χ0n) is 15.7. The highest BCUT2D eigenvalue weighted by Gasteiger charge is 2.23. The number of fused-ring (bicyclic) bond motifs is 1. The lowest BCUT2D eigenvalue weighted by Crippen LogP contribution is -2.38. The van der Waals surface area contributed by atoms with Gasteiger partial charge in [0.15, 0.2) is 6.61 Å². The predicted octanol–water partition coefficient (Wildman–Crippen LogP) is 4.03. The summed E-state index contributed by atoms with van der Waals surface area (Å²) < 4.78 is 5.33. The largest absolute Gasteiger partial charge is 0.452 e. The summed E-state index contributed by atoms with van der Waals surface area (Å²) in [6.07, 6.45) is 3.99. The summed E-state index contributed by atoms with van der Waals surface area (Å²) in [6.45, 7) is 3.31. The quantitative estimate of drug-likeness (QED) is 0.594. The number of amides is 1. The van der Waals surface area contributed by atoms with Crippen LogP contribution in [0.25, 0.3) is 0 Å². The first-order chi connectivity index (χ1) is 13.2. The van der Waals surface area contributed by atoms with Gasteiger partial charge in [0.05, 0.1) is 5.56 Å². The molecule has 0 unspecified atom stereocenters. The molecule has 27 heavy (non-hydrogen) atoms. The number of nitrogens with one attached hydrogen (secondary N) is 1. The van der Waals surface area contributed by atoms with E-state index in [-0.39, 0.29) is 12.5 Å². The lowest BCUT2D eigenvalue weighted by Gasteiger charge is -2.29. The zero-order chi connectivity index (χ0) is 19.1. The first-order valence-electron chi connectivity index (χ1n) is 9.59. The Morgan fingerprint density at radius 3 is 2.74 bits per heavy atom. The average molecular weight is 366 g/mol. The average Bonchev–Trinajstić information content (AvgIpc) is 2.72. The molecule has 3 rings (SSSR count). The number of hydrogen-bond donors (Lipinski definition) is 1. The number of anilines is 2. The minimum atomic E-state index is -0.478. The van der Waals surface area contributed by atoms with Crippen molar-refractivity contribution >= 4 is 23.3 Å². The van der Waals surface area contributed by atoms with E-state index in [0.29, 0.717) is 12.1 Å². The minimum absolute atomic E-state index is 0.188. The second-order valence-electron chi connectivity index (χ2n) is 6.68. The molecule has 5 nitrogen and oxygen atoms in total. The van der Waals surface area contributed by atoms with Crippen LogP contribution in [0.15, 0.2) is 48.5 Å². The molecule has 0 radical (unpaired) electrons. The summed E-state index contributed by atoms with van der Waals surface area (Å²) in [6, 6.07) is 15.1. The molecular formula is C22H26N2O3. The Bertz CT molecular complexity index is 804. The summed E-state index contributed by atoms with van der Waals surface area (Å²) in [5.41, 5.74) is 3.28. The van der Waals surface area contributed by atoms with Crippen LogP contribution in [-0.2, 0) is 16.0 Å². The van der Waals surface area contributed by atoms with Gasteiger partial charge >= 0.3 is 5.97 Å². The van der Waals surface area contributed by atoms with Gasteiger partial charge in [-0.15, -0.1) is 0 Å². The molecule has 0 bridgehead atoms. The first-order valence-corrected chi connectivity index (χ1v) is 9.59. The third-order valence-electron chi connectivity index (χ3n) is 4.73. The van der Waals surface area contributed by atoms with Gasteiger partial charge in [0.25, 0.3) is 5.91 Å². The van der Waals surface area contributed by atoms with Crippen molar-refractivity contribution in [3.8, 4) is 0 Å². The highest BCUT2D eigenvalue weighted by molar-refractivity contribution is 5.99. The molecule has 1 aliphatic heterocycles. The lowest BCUT2D eigenvalue weighted by atomic mass is 10.0. The van der Waals surface area contributed by atoms with Gasteiger partial charge in [-0.1, -0.05) is 43.7 Å². The van der Waals surface area contributed by atoms with Crippen LogP contribution in [0, 0.1) is 0 Å². The van der Waals surface area contributed by atoms with Crippen molar-refractivity contribution in [1.29, 1.82) is 0 Å². The van der Waals surface area contributed by atoms with Crippen LogP contribution < -0.4 is 10.2 Å². The van der Waals surface area contributed by atoms with Gasteiger partial charge in [0.2, 0.25) is 0 Å². The summed E-state index contributed by atoms with van der Waals surface area (Å²) in [7, 11) is 0. The smallest absolute Gasteiger partial charge is 0.340 e. The Hall–Kier alpha value is -2.82. The normalized spacial score (nSPS) is 13.0. The van der Waals surface area contributed by atoms with Crippen molar-refractivity contribution < 1.29 is 14.3 Å². The van der Waals surface area contributed by atoms with E-state index in [1.54, 1.807) is 17.0 Å². The van der Waals surface area contributed by atoms with E-state index in [1.807, 2.05) is 36.4 Å². The molecular weight excluding hydrogens is 340 g/mol. The fraction of sp³-hybridized carbons (Fsp3) is 0.364. The van der Waals surface area contributed by atoms with E-state index >= 15 is 0 Å². The molecule has 2 aromatic rings. The minimum Gasteiger partial charge on any atom is -0.452 e. The Balaban J connectivity index is 1.62. The second kappa shape index (κ2) is 9.21.